The van der Waals surface area contributed by atoms with E-state index in [4.69, 9.17) is 9.15 Å². The number of rotatable bonds is 6. The number of hydrogen-bond donors (Lipinski definition) is 2. The predicted octanol–water partition coefficient (Wildman–Crippen LogP) is 2.34. The Kier molecular flexibility index (Phi) is 6.32. The molecule has 0 atom stereocenters. The normalized spacial score (nSPS) is 10.0. The van der Waals surface area contributed by atoms with E-state index in [2.05, 4.69) is 15.4 Å². The molecule has 2 amide bonds. The molecule has 27 heavy (non-hydrogen) atoms. The second-order valence-electron chi connectivity index (χ2n) is 5.50. The lowest BCUT2D eigenvalue weighted by molar-refractivity contribution is -0.115. The van der Waals surface area contributed by atoms with Gasteiger partial charge in [-0.2, -0.15) is 0 Å². The van der Waals surface area contributed by atoms with Crippen LogP contribution in [0, 0.1) is 0 Å². The minimum Gasteiger partial charge on any atom is -0.463 e. The van der Waals surface area contributed by atoms with Crippen LogP contribution in [0.4, 0.5) is 11.4 Å². The van der Waals surface area contributed by atoms with Crippen molar-refractivity contribution < 1.29 is 33.1 Å². The molecule has 2 N–H and O–H groups in total. The van der Waals surface area contributed by atoms with Gasteiger partial charge in [-0.1, -0.05) is 0 Å². The van der Waals surface area contributed by atoms with Gasteiger partial charge in [0.15, 0.2) is 0 Å². The quantitative estimate of drug-likeness (QED) is 0.744. The Balaban J connectivity index is 2.19. The molecule has 0 aliphatic carbocycles. The van der Waals surface area contributed by atoms with Crippen molar-refractivity contribution in [3.8, 4) is 0 Å². The zero-order valence-corrected chi connectivity index (χ0v) is 15.0. The summed E-state index contributed by atoms with van der Waals surface area (Å²) < 4.78 is 14.8. The highest BCUT2D eigenvalue weighted by atomic mass is 16.5. The highest BCUT2D eigenvalue weighted by Gasteiger charge is 2.18. The SMILES string of the molecule is COC(=O)c1occc1COC(=O)c1cc(NC(C)=O)cc(NC(C)=O)c1. The van der Waals surface area contributed by atoms with Gasteiger partial charge in [-0.3, -0.25) is 9.59 Å². The van der Waals surface area contributed by atoms with E-state index in [0.29, 0.717) is 16.9 Å². The molecule has 142 valence electrons. The number of carbonyl (C=O) groups is 4. The lowest BCUT2D eigenvalue weighted by Gasteiger charge is -2.10. The number of esters is 2. The summed E-state index contributed by atoms with van der Waals surface area (Å²) in [5, 5.41) is 5.08. The van der Waals surface area contributed by atoms with Crippen LogP contribution in [-0.4, -0.2) is 30.9 Å². The number of amides is 2. The third-order valence-corrected chi connectivity index (χ3v) is 3.29. The number of hydrogen-bond acceptors (Lipinski definition) is 7. The van der Waals surface area contributed by atoms with Crippen molar-refractivity contribution in [2.45, 2.75) is 20.5 Å². The van der Waals surface area contributed by atoms with Gasteiger partial charge in [0.2, 0.25) is 17.6 Å². The van der Waals surface area contributed by atoms with Crippen molar-refractivity contribution in [2.24, 2.45) is 0 Å². The summed E-state index contributed by atoms with van der Waals surface area (Å²) in [6.45, 7) is 2.41. The number of furan rings is 1. The smallest absolute Gasteiger partial charge is 0.374 e. The standard InChI is InChI=1S/C18H18N2O7/c1-10(21)19-14-6-13(7-15(8-14)20-11(2)22)17(23)27-9-12-4-5-26-16(12)18(24)25-3/h4-8H,9H2,1-3H3,(H,19,21)(H,20,22). The first-order chi connectivity index (χ1) is 12.8. The third-order valence-electron chi connectivity index (χ3n) is 3.29. The van der Waals surface area contributed by atoms with Crippen LogP contribution in [0.2, 0.25) is 0 Å². The summed E-state index contributed by atoms with van der Waals surface area (Å²) in [6.07, 6.45) is 1.28. The molecule has 0 unspecified atom stereocenters. The summed E-state index contributed by atoms with van der Waals surface area (Å²) >= 11 is 0. The van der Waals surface area contributed by atoms with Crippen LogP contribution >= 0.6 is 0 Å². The van der Waals surface area contributed by atoms with Gasteiger partial charge in [-0.25, -0.2) is 9.59 Å². The van der Waals surface area contributed by atoms with E-state index in [9.17, 15) is 19.2 Å². The average molecular weight is 374 g/mol. The lowest BCUT2D eigenvalue weighted by Crippen LogP contribution is -2.12. The fourth-order valence-electron chi connectivity index (χ4n) is 2.24. The average Bonchev–Trinajstić information content (AvgIpc) is 3.06. The summed E-state index contributed by atoms with van der Waals surface area (Å²) in [5.41, 5.74) is 1.09. The molecular weight excluding hydrogens is 356 g/mol. The topological polar surface area (TPSA) is 124 Å². The maximum Gasteiger partial charge on any atom is 0.374 e. The van der Waals surface area contributed by atoms with Crippen LogP contribution in [0.25, 0.3) is 0 Å². The van der Waals surface area contributed by atoms with Gasteiger partial charge in [0, 0.05) is 30.8 Å². The molecule has 1 heterocycles. The zero-order chi connectivity index (χ0) is 20.0. The van der Waals surface area contributed by atoms with Gasteiger partial charge in [-0.05, 0) is 24.3 Å². The number of carbonyl (C=O) groups excluding carboxylic acids is 4. The first-order valence-electron chi connectivity index (χ1n) is 7.82. The van der Waals surface area contributed by atoms with Gasteiger partial charge < -0.3 is 24.5 Å². The number of ether oxygens (including phenoxy) is 2. The van der Waals surface area contributed by atoms with Gasteiger partial charge >= 0.3 is 11.9 Å². The molecule has 0 spiro atoms. The monoisotopic (exact) mass is 374 g/mol. The molecule has 0 saturated heterocycles. The first-order valence-corrected chi connectivity index (χ1v) is 7.82. The molecule has 1 aromatic heterocycles. The van der Waals surface area contributed by atoms with E-state index >= 15 is 0 Å². The molecule has 2 aromatic rings. The van der Waals surface area contributed by atoms with Crippen LogP contribution in [0.5, 0.6) is 0 Å². The first kappa shape index (κ1) is 19.7. The van der Waals surface area contributed by atoms with Crippen molar-refractivity contribution in [1.29, 1.82) is 0 Å². The van der Waals surface area contributed by atoms with Gasteiger partial charge in [0.1, 0.15) is 6.61 Å². The molecule has 0 saturated carbocycles. The van der Waals surface area contributed by atoms with Crippen molar-refractivity contribution >= 4 is 35.1 Å². The predicted molar refractivity (Wildman–Crippen MR) is 94.2 cm³/mol. The summed E-state index contributed by atoms with van der Waals surface area (Å²) in [4.78, 5) is 46.5. The molecule has 9 heteroatoms. The van der Waals surface area contributed by atoms with Crippen molar-refractivity contribution in [3.05, 3.63) is 47.4 Å². The van der Waals surface area contributed by atoms with E-state index < -0.39 is 11.9 Å². The fraction of sp³-hybridized carbons (Fsp3) is 0.222. The Morgan fingerprint density at radius 1 is 0.963 bits per heavy atom. The van der Waals surface area contributed by atoms with Gasteiger partial charge in [0.05, 0.1) is 18.9 Å². The molecular formula is C18H18N2O7. The molecule has 0 aliphatic heterocycles. The highest BCUT2D eigenvalue weighted by molar-refractivity contribution is 5.97. The van der Waals surface area contributed by atoms with Crippen LogP contribution in [-0.2, 0) is 25.7 Å². The maximum atomic E-state index is 12.4. The van der Waals surface area contributed by atoms with Crippen molar-refractivity contribution in [2.75, 3.05) is 17.7 Å². The second kappa shape index (κ2) is 8.65. The Labute approximate surface area is 154 Å². The summed E-state index contributed by atoms with van der Waals surface area (Å²) in [6, 6.07) is 5.80. The van der Waals surface area contributed by atoms with Crippen molar-refractivity contribution in [3.63, 3.8) is 0 Å². The summed E-state index contributed by atoms with van der Waals surface area (Å²) in [5.74, 6) is -2.14. The van der Waals surface area contributed by atoms with Crippen molar-refractivity contribution in [1.82, 2.24) is 0 Å². The molecule has 0 fully saturated rings. The highest BCUT2D eigenvalue weighted by Crippen LogP contribution is 2.21. The van der Waals surface area contributed by atoms with Crippen LogP contribution in [0.15, 0.2) is 34.9 Å². The molecule has 0 aliphatic rings. The molecule has 0 radical (unpaired) electrons. The van der Waals surface area contributed by atoms with E-state index in [-0.39, 0.29) is 29.7 Å². The fourth-order valence-corrected chi connectivity index (χ4v) is 2.24. The van der Waals surface area contributed by atoms with Gasteiger partial charge in [-0.15, -0.1) is 0 Å². The molecule has 0 bridgehead atoms. The second-order valence-corrected chi connectivity index (χ2v) is 5.50. The molecule has 1 aromatic carbocycles. The number of methoxy groups -OCH3 is 1. The largest absolute Gasteiger partial charge is 0.463 e. The maximum absolute atomic E-state index is 12.4. The van der Waals surface area contributed by atoms with E-state index in [1.807, 2.05) is 0 Å². The summed E-state index contributed by atoms with van der Waals surface area (Å²) in [7, 11) is 1.21. The minimum absolute atomic E-state index is 0.0590. The number of anilines is 2. The van der Waals surface area contributed by atoms with Crippen LogP contribution in [0.3, 0.4) is 0 Å². The Morgan fingerprint density at radius 3 is 2.07 bits per heavy atom. The minimum atomic E-state index is -0.717. The Morgan fingerprint density at radius 2 is 1.56 bits per heavy atom. The zero-order valence-electron chi connectivity index (χ0n) is 15.0. The number of nitrogens with one attached hydrogen (secondary N) is 2. The molecule has 2 rings (SSSR count). The third kappa shape index (κ3) is 5.43. The number of benzene rings is 1. The Hall–Kier alpha value is -3.62. The van der Waals surface area contributed by atoms with Crippen LogP contribution in [0.1, 0.15) is 40.3 Å². The van der Waals surface area contributed by atoms with Gasteiger partial charge in [0.25, 0.3) is 0 Å². The lowest BCUT2D eigenvalue weighted by atomic mass is 10.1. The van der Waals surface area contributed by atoms with E-state index in [0.717, 1.165) is 0 Å². The Bertz CT molecular complexity index is 851. The molecule has 9 nitrogen and oxygen atoms in total. The van der Waals surface area contributed by atoms with E-state index in [1.54, 1.807) is 0 Å². The van der Waals surface area contributed by atoms with Crippen LogP contribution < -0.4 is 10.6 Å². The van der Waals surface area contributed by atoms with E-state index in [1.165, 1.54) is 51.5 Å².